The molecule has 1 amide bonds. The number of carbonyl (C=O) groups is 2. The Morgan fingerprint density at radius 3 is 3.00 bits per heavy atom. The van der Waals surface area contributed by atoms with Crippen molar-refractivity contribution in [2.45, 2.75) is 12.5 Å². The maximum atomic E-state index is 12.1. The van der Waals surface area contributed by atoms with E-state index in [9.17, 15) is 9.59 Å². The Bertz CT molecular complexity index is 766. The second-order valence-corrected chi connectivity index (χ2v) is 5.63. The molecule has 0 radical (unpaired) electrons. The summed E-state index contributed by atoms with van der Waals surface area (Å²) in [7, 11) is 0. The maximum absolute atomic E-state index is 12.1. The molecule has 6 nitrogen and oxygen atoms in total. The van der Waals surface area contributed by atoms with E-state index < -0.39 is 5.97 Å². The summed E-state index contributed by atoms with van der Waals surface area (Å²) in [4.78, 5) is 27.7. The standard InChI is InChI=1S/C17H15ClN2O4/c18-15-9-11(5-7-19-15)17(22)24-10-16(21)20-13-6-8-23-14-4-2-1-3-12(13)14/h1-5,7,9,13H,6,8,10H2,(H,20,21). The van der Waals surface area contributed by atoms with Crippen molar-refractivity contribution in [3.8, 4) is 5.75 Å². The van der Waals surface area contributed by atoms with Crippen LogP contribution < -0.4 is 10.1 Å². The molecule has 0 spiro atoms. The van der Waals surface area contributed by atoms with Gasteiger partial charge in [0.25, 0.3) is 5.91 Å². The van der Waals surface area contributed by atoms with Crippen molar-refractivity contribution in [2.24, 2.45) is 0 Å². The number of fused-ring (bicyclic) bond motifs is 1. The molecule has 1 aliphatic heterocycles. The molecule has 0 bridgehead atoms. The fourth-order valence-corrected chi connectivity index (χ4v) is 2.65. The van der Waals surface area contributed by atoms with E-state index in [4.69, 9.17) is 21.1 Å². The number of halogens is 1. The highest BCUT2D eigenvalue weighted by molar-refractivity contribution is 6.29. The molecule has 1 unspecified atom stereocenters. The van der Waals surface area contributed by atoms with Crippen LogP contribution in [0.1, 0.15) is 28.4 Å². The van der Waals surface area contributed by atoms with Crippen LogP contribution in [0.5, 0.6) is 5.75 Å². The van der Waals surface area contributed by atoms with Crippen LogP contribution >= 0.6 is 11.6 Å². The molecule has 1 atom stereocenters. The van der Waals surface area contributed by atoms with Gasteiger partial charge in [-0.1, -0.05) is 29.8 Å². The van der Waals surface area contributed by atoms with Crippen molar-refractivity contribution < 1.29 is 19.1 Å². The van der Waals surface area contributed by atoms with Gasteiger partial charge in [-0.15, -0.1) is 0 Å². The predicted molar refractivity (Wildman–Crippen MR) is 87.0 cm³/mol. The number of pyridine rings is 1. The molecule has 2 aromatic rings. The van der Waals surface area contributed by atoms with E-state index >= 15 is 0 Å². The predicted octanol–water partition coefficient (Wildman–Crippen LogP) is 2.53. The molecule has 3 rings (SSSR count). The molecule has 2 heterocycles. The molecular formula is C17H15ClN2O4. The van der Waals surface area contributed by atoms with Gasteiger partial charge in [-0.2, -0.15) is 0 Å². The number of nitrogens with zero attached hydrogens (tertiary/aromatic N) is 1. The van der Waals surface area contributed by atoms with Crippen molar-refractivity contribution in [1.82, 2.24) is 10.3 Å². The highest BCUT2D eigenvalue weighted by atomic mass is 35.5. The Kier molecular flexibility index (Phi) is 4.96. The Morgan fingerprint density at radius 2 is 2.17 bits per heavy atom. The summed E-state index contributed by atoms with van der Waals surface area (Å²) < 4.78 is 10.6. The molecule has 24 heavy (non-hydrogen) atoms. The number of para-hydroxylation sites is 1. The van der Waals surface area contributed by atoms with Crippen LogP contribution in [0.4, 0.5) is 0 Å². The van der Waals surface area contributed by atoms with E-state index in [1.807, 2.05) is 24.3 Å². The number of benzene rings is 1. The zero-order valence-electron chi connectivity index (χ0n) is 12.7. The van der Waals surface area contributed by atoms with Crippen molar-refractivity contribution in [3.05, 3.63) is 58.9 Å². The minimum Gasteiger partial charge on any atom is -0.493 e. The topological polar surface area (TPSA) is 77.5 Å². The molecule has 0 saturated heterocycles. The summed E-state index contributed by atoms with van der Waals surface area (Å²) in [6.45, 7) is 0.162. The zero-order chi connectivity index (χ0) is 16.9. The molecule has 7 heteroatoms. The summed E-state index contributed by atoms with van der Waals surface area (Å²) >= 11 is 5.72. The monoisotopic (exact) mass is 346 g/mol. The average Bonchev–Trinajstić information content (AvgIpc) is 2.60. The van der Waals surface area contributed by atoms with Crippen LogP contribution in [-0.2, 0) is 9.53 Å². The number of aromatic nitrogens is 1. The molecule has 1 aromatic heterocycles. The van der Waals surface area contributed by atoms with Gasteiger partial charge in [0, 0.05) is 18.2 Å². The van der Waals surface area contributed by atoms with Crippen LogP contribution in [0.2, 0.25) is 5.15 Å². The molecule has 1 N–H and O–H groups in total. The first-order chi connectivity index (χ1) is 11.6. The summed E-state index contributed by atoms with van der Waals surface area (Å²) in [5.74, 6) is -0.232. The van der Waals surface area contributed by atoms with Gasteiger partial charge in [-0.3, -0.25) is 4.79 Å². The van der Waals surface area contributed by atoms with E-state index in [1.54, 1.807) is 0 Å². The number of hydrogen-bond donors (Lipinski definition) is 1. The van der Waals surface area contributed by atoms with Crippen LogP contribution in [0.3, 0.4) is 0 Å². The van der Waals surface area contributed by atoms with Gasteiger partial charge in [0.1, 0.15) is 10.9 Å². The Hall–Kier alpha value is -2.60. The Labute approximate surface area is 143 Å². The number of rotatable bonds is 4. The quantitative estimate of drug-likeness (QED) is 0.680. The van der Waals surface area contributed by atoms with E-state index in [0.717, 1.165) is 11.3 Å². The molecule has 0 aliphatic carbocycles. The van der Waals surface area contributed by atoms with Gasteiger partial charge in [0.2, 0.25) is 0 Å². The lowest BCUT2D eigenvalue weighted by Gasteiger charge is -2.26. The van der Waals surface area contributed by atoms with Gasteiger partial charge >= 0.3 is 5.97 Å². The first kappa shape index (κ1) is 16.3. The fraction of sp³-hybridized carbons (Fsp3) is 0.235. The average molecular weight is 347 g/mol. The van der Waals surface area contributed by atoms with Gasteiger partial charge in [-0.25, -0.2) is 9.78 Å². The third kappa shape index (κ3) is 3.83. The molecular weight excluding hydrogens is 332 g/mol. The molecule has 1 aromatic carbocycles. The van der Waals surface area contributed by atoms with Gasteiger partial charge in [0.15, 0.2) is 6.61 Å². The molecule has 0 saturated carbocycles. The third-order valence-corrected chi connectivity index (χ3v) is 3.80. The fourth-order valence-electron chi connectivity index (χ4n) is 2.47. The van der Waals surface area contributed by atoms with Gasteiger partial charge < -0.3 is 14.8 Å². The van der Waals surface area contributed by atoms with Crippen LogP contribution in [0.15, 0.2) is 42.6 Å². The number of esters is 1. The molecule has 1 aliphatic rings. The van der Waals surface area contributed by atoms with Crippen molar-refractivity contribution in [3.63, 3.8) is 0 Å². The number of carbonyl (C=O) groups excluding carboxylic acids is 2. The lowest BCUT2D eigenvalue weighted by Crippen LogP contribution is -2.35. The normalized spacial score (nSPS) is 15.8. The van der Waals surface area contributed by atoms with Crippen LogP contribution in [0, 0.1) is 0 Å². The Morgan fingerprint density at radius 1 is 1.33 bits per heavy atom. The van der Waals surface area contributed by atoms with Crippen LogP contribution in [0.25, 0.3) is 0 Å². The van der Waals surface area contributed by atoms with E-state index in [0.29, 0.717) is 13.0 Å². The largest absolute Gasteiger partial charge is 0.493 e. The van der Waals surface area contributed by atoms with Gasteiger partial charge in [-0.05, 0) is 18.2 Å². The minimum atomic E-state index is -0.623. The first-order valence-corrected chi connectivity index (χ1v) is 7.81. The number of nitrogens with one attached hydrogen (secondary N) is 1. The summed E-state index contributed by atoms with van der Waals surface area (Å²) in [5.41, 5.74) is 1.17. The van der Waals surface area contributed by atoms with Crippen molar-refractivity contribution in [2.75, 3.05) is 13.2 Å². The smallest absolute Gasteiger partial charge is 0.338 e. The SMILES string of the molecule is O=C(COC(=O)c1ccnc(Cl)c1)NC1CCOc2ccccc21. The first-order valence-electron chi connectivity index (χ1n) is 7.43. The number of hydrogen-bond acceptors (Lipinski definition) is 5. The van der Waals surface area contributed by atoms with E-state index in [-0.39, 0.29) is 29.3 Å². The van der Waals surface area contributed by atoms with E-state index in [1.165, 1.54) is 18.3 Å². The molecule has 124 valence electrons. The summed E-state index contributed by atoms with van der Waals surface area (Å²) in [5, 5.41) is 3.05. The summed E-state index contributed by atoms with van der Waals surface area (Å²) in [6, 6.07) is 10.2. The lowest BCUT2D eigenvalue weighted by molar-refractivity contribution is -0.125. The molecule has 0 fully saturated rings. The van der Waals surface area contributed by atoms with Gasteiger partial charge in [0.05, 0.1) is 18.2 Å². The third-order valence-electron chi connectivity index (χ3n) is 3.59. The van der Waals surface area contributed by atoms with Crippen LogP contribution in [-0.4, -0.2) is 30.1 Å². The second-order valence-electron chi connectivity index (χ2n) is 5.24. The maximum Gasteiger partial charge on any atom is 0.338 e. The van der Waals surface area contributed by atoms with E-state index in [2.05, 4.69) is 10.3 Å². The Balaban J connectivity index is 1.56. The summed E-state index contributed by atoms with van der Waals surface area (Å²) in [6.07, 6.45) is 2.06. The van der Waals surface area contributed by atoms with Crippen molar-refractivity contribution >= 4 is 23.5 Å². The number of amides is 1. The van der Waals surface area contributed by atoms with Crippen molar-refractivity contribution in [1.29, 1.82) is 0 Å². The highest BCUT2D eigenvalue weighted by Gasteiger charge is 2.23. The lowest BCUT2D eigenvalue weighted by atomic mass is 10.0. The number of ether oxygens (including phenoxy) is 2. The highest BCUT2D eigenvalue weighted by Crippen LogP contribution is 2.31. The minimum absolute atomic E-state index is 0.156. The second kappa shape index (κ2) is 7.31. The zero-order valence-corrected chi connectivity index (χ0v) is 13.5.